The van der Waals surface area contributed by atoms with Crippen LogP contribution in [-0.4, -0.2) is 50.2 Å². The highest BCUT2D eigenvalue weighted by Gasteiger charge is 2.21. The number of sulfone groups is 1. The Hall–Kier alpha value is -1.41. The summed E-state index contributed by atoms with van der Waals surface area (Å²) in [6.07, 6.45) is 2.29. The molecule has 1 aromatic rings. The average Bonchev–Trinajstić information content (AvgIpc) is 2.49. The number of likely N-dealkylation sites (N-methyl/N-ethyl adjacent to an activating group) is 1. The van der Waals surface area contributed by atoms with E-state index in [0.717, 1.165) is 27.8 Å². The SMILES string of the molecule is CCCCCS(=O)(=O)CC(=O)N(C)CC(=O)Nc1ccc(Br)cc1C. The van der Waals surface area contributed by atoms with Gasteiger partial charge in [-0.15, -0.1) is 0 Å². The van der Waals surface area contributed by atoms with Gasteiger partial charge in [-0.05, 0) is 37.1 Å². The molecule has 0 spiro atoms. The Labute approximate surface area is 158 Å². The molecule has 0 aromatic heterocycles. The third kappa shape index (κ3) is 8.00. The van der Waals surface area contributed by atoms with Crippen molar-refractivity contribution in [1.82, 2.24) is 4.90 Å². The van der Waals surface area contributed by atoms with Crippen LogP contribution in [0, 0.1) is 6.92 Å². The minimum Gasteiger partial charge on any atom is -0.336 e. The highest BCUT2D eigenvalue weighted by molar-refractivity contribution is 9.10. The fourth-order valence-corrected chi connectivity index (χ4v) is 4.06. The number of hydrogen-bond acceptors (Lipinski definition) is 4. The summed E-state index contributed by atoms with van der Waals surface area (Å²) in [5.74, 6) is -1.49. The molecule has 1 rings (SSSR count). The summed E-state index contributed by atoms with van der Waals surface area (Å²) in [6, 6.07) is 5.44. The maximum absolute atomic E-state index is 12.1. The number of aryl methyl sites for hydroxylation is 1. The second-order valence-corrected chi connectivity index (χ2v) is 9.16. The predicted molar refractivity (Wildman–Crippen MR) is 103 cm³/mol. The molecule has 0 saturated heterocycles. The number of carbonyl (C=O) groups is 2. The van der Waals surface area contributed by atoms with Crippen LogP contribution in [0.3, 0.4) is 0 Å². The van der Waals surface area contributed by atoms with Gasteiger partial charge in [-0.2, -0.15) is 0 Å². The topological polar surface area (TPSA) is 83.6 Å². The van der Waals surface area contributed by atoms with Crippen molar-refractivity contribution >= 4 is 43.3 Å². The van der Waals surface area contributed by atoms with Gasteiger partial charge in [0.15, 0.2) is 9.84 Å². The summed E-state index contributed by atoms with van der Waals surface area (Å²) >= 11 is 3.35. The van der Waals surface area contributed by atoms with Gasteiger partial charge in [0, 0.05) is 17.2 Å². The van der Waals surface area contributed by atoms with Gasteiger partial charge < -0.3 is 10.2 Å². The lowest BCUT2D eigenvalue weighted by Crippen LogP contribution is -2.38. The standard InChI is InChI=1S/C17H25BrN2O4S/c1-4-5-6-9-25(23,24)12-17(22)20(3)11-16(21)19-15-8-7-14(18)10-13(15)2/h7-8,10H,4-6,9,11-12H2,1-3H3,(H,19,21). The normalized spacial score (nSPS) is 11.2. The van der Waals surface area contributed by atoms with Gasteiger partial charge in [0.1, 0.15) is 5.75 Å². The van der Waals surface area contributed by atoms with Crippen molar-refractivity contribution in [2.75, 3.05) is 30.4 Å². The number of unbranched alkanes of at least 4 members (excludes halogenated alkanes) is 2. The molecule has 0 heterocycles. The maximum atomic E-state index is 12.1. The third-order valence-corrected chi connectivity index (χ3v) is 5.76. The number of nitrogens with one attached hydrogen (secondary N) is 1. The van der Waals surface area contributed by atoms with Gasteiger partial charge in [0.2, 0.25) is 11.8 Å². The molecule has 8 heteroatoms. The number of rotatable bonds is 9. The lowest BCUT2D eigenvalue weighted by molar-refractivity contribution is -0.131. The highest BCUT2D eigenvalue weighted by Crippen LogP contribution is 2.19. The van der Waals surface area contributed by atoms with Crippen LogP contribution in [0.25, 0.3) is 0 Å². The largest absolute Gasteiger partial charge is 0.336 e. The number of carbonyl (C=O) groups excluding carboxylic acids is 2. The Morgan fingerprint density at radius 1 is 1.24 bits per heavy atom. The molecule has 0 radical (unpaired) electrons. The zero-order valence-electron chi connectivity index (χ0n) is 14.8. The predicted octanol–water partition coefficient (Wildman–Crippen LogP) is 2.76. The van der Waals surface area contributed by atoms with Crippen LogP contribution < -0.4 is 5.32 Å². The van der Waals surface area contributed by atoms with Crippen molar-refractivity contribution in [3.8, 4) is 0 Å². The smallest absolute Gasteiger partial charge is 0.243 e. The molecular formula is C17H25BrN2O4S. The third-order valence-electron chi connectivity index (χ3n) is 3.67. The molecule has 0 aliphatic heterocycles. The summed E-state index contributed by atoms with van der Waals surface area (Å²) < 4.78 is 24.7. The summed E-state index contributed by atoms with van der Waals surface area (Å²) in [4.78, 5) is 25.3. The summed E-state index contributed by atoms with van der Waals surface area (Å²) in [6.45, 7) is 3.65. The van der Waals surface area contributed by atoms with Gasteiger partial charge in [0.25, 0.3) is 0 Å². The quantitative estimate of drug-likeness (QED) is 0.607. The molecule has 2 amide bonds. The molecule has 0 bridgehead atoms. The molecule has 1 N–H and O–H groups in total. The fraction of sp³-hybridized carbons (Fsp3) is 0.529. The zero-order chi connectivity index (χ0) is 19.0. The minimum atomic E-state index is -3.43. The number of halogens is 1. The van der Waals surface area contributed by atoms with Gasteiger partial charge in [0.05, 0.1) is 12.3 Å². The van der Waals surface area contributed by atoms with E-state index in [1.807, 2.05) is 19.9 Å². The number of anilines is 1. The first-order valence-electron chi connectivity index (χ1n) is 8.15. The number of benzene rings is 1. The van der Waals surface area contributed by atoms with Crippen molar-refractivity contribution in [2.45, 2.75) is 33.1 Å². The van der Waals surface area contributed by atoms with Gasteiger partial charge in [-0.1, -0.05) is 35.7 Å². The molecule has 1 aromatic carbocycles. The summed E-state index contributed by atoms with van der Waals surface area (Å²) in [5, 5.41) is 2.72. The number of amides is 2. The minimum absolute atomic E-state index is 0.00467. The van der Waals surface area contributed by atoms with E-state index in [1.54, 1.807) is 12.1 Å². The van der Waals surface area contributed by atoms with Crippen LogP contribution in [0.4, 0.5) is 5.69 Å². The van der Waals surface area contributed by atoms with E-state index in [-0.39, 0.29) is 18.2 Å². The van der Waals surface area contributed by atoms with E-state index in [9.17, 15) is 18.0 Å². The molecular weight excluding hydrogens is 408 g/mol. The van der Waals surface area contributed by atoms with Gasteiger partial charge in [-0.3, -0.25) is 9.59 Å². The average molecular weight is 433 g/mol. The second-order valence-electron chi connectivity index (χ2n) is 6.06. The lowest BCUT2D eigenvalue weighted by atomic mass is 10.2. The second kappa shape index (κ2) is 9.91. The van der Waals surface area contributed by atoms with Crippen molar-refractivity contribution in [1.29, 1.82) is 0 Å². The van der Waals surface area contributed by atoms with E-state index in [0.29, 0.717) is 12.1 Å². The van der Waals surface area contributed by atoms with E-state index in [2.05, 4.69) is 21.2 Å². The van der Waals surface area contributed by atoms with Crippen molar-refractivity contribution in [2.24, 2.45) is 0 Å². The maximum Gasteiger partial charge on any atom is 0.243 e. The van der Waals surface area contributed by atoms with Crippen LogP contribution in [0.15, 0.2) is 22.7 Å². The zero-order valence-corrected chi connectivity index (χ0v) is 17.2. The van der Waals surface area contributed by atoms with Crippen LogP contribution in [0.1, 0.15) is 31.7 Å². The molecule has 0 aliphatic rings. The number of hydrogen-bond donors (Lipinski definition) is 1. The molecule has 0 atom stereocenters. The molecule has 140 valence electrons. The Morgan fingerprint density at radius 3 is 2.52 bits per heavy atom. The summed E-state index contributed by atoms with van der Waals surface area (Å²) in [7, 11) is -2.00. The first kappa shape index (κ1) is 21.6. The Bertz CT molecular complexity index is 719. The molecule has 0 saturated carbocycles. The van der Waals surface area contributed by atoms with E-state index in [1.165, 1.54) is 7.05 Å². The summed E-state index contributed by atoms with van der Waals surface area (Å²) in [5.41, 5.74) is 1.54. The van der Waals surface area contributed by atoms with Crippen molar-refractivity contribution in [3.05, 3.63) is 28.2 Å². The fourth-order valence-electron chi connectivity index (χ4n) is 2.20. The van der Waals surface area contributed by atoms with E-state index < -0.39 is 21.5 Å². The molecule has 0 unspecified atom stereocenters. The van der Waals surface area contributed by atoms with Gasteiger partial charge in [-0.25, -0.2) is 8.42 Å². The molecule has 25 heavy (non-hydrogen) atoms. The molecule has 6 nitrogen and oxygen atoms in total. The Balaban J connectivity index is 2.55. The van der Waals surface area contributed by atoms with Crippen molar-refractivity contribution < 1.29 is 18.0 Å². The first-order chi connectivity index (χ1) is 11.6. The Kier molecular flexibility index (Phi) is 8.58. The Morgan fingerprint density at radius 2 is 1.92 bits per heavy atom. The van der Waals surface area contributed by atoms with Gasteiger partial charge >= 0.3 is 0 Å². The van der Waals surface area contributed by atoms with Crippen LogP contribution in [-0.2, 0) is 19.4 Å². The first-order valence-corrected chi connectivity index (χ1v) is 10.8. The van der Waals surface area contributed by atoms with Crippen LogP contribution in [0.2, 0.25) is 0 Å². The van der Waals surface area contributed by atoms with Crippen molar-refractivity contribution in [3.63, 3.8) is 0 Å². The van der Waals surface area contributed by atoms with Crippen LogP contribution >= 0.6 is 15.9 Å². The lowest BCUT2D eigenvalue weighted by Gasteiger charge is -2.17. The molecule has 0 fully saturated rings. The van der Waals surface area contributed by atoms with E-state index in [4.69, 9.17) is 0 Å². The monoisotopic (exact) mass is 432 g/mol. The number of nitrogens with zero attached hydrogens (tertiary/aromatic N) is 1. The highest BCUT2D eigenvalue weighted by atomic mass is 79.9. The molecule has 0 aliphatic carbocycles. The van der Waals surface area contributed by atoms with Crippen LogP contribution in [0.5, 0.6) is 0 Å². The van der Waals surface area contributed by atoms with E-state index >= 15 is 0 Å².